The molecule has 0 aromatic carbocycles. The third-order valence-electron chi connectivity index (χ3n) is 10.1. The Morgan fingerprint density at radius 2 is 0.900 bits per heavy atom. The number of esters is 2. The second-order valence-electron chi connectivity index (χ2n) is 15.9. The normalized spacial score (nSPS) is 13.7. The zero-order valence-corrected chi connectivity index (χ0v) is 39.5. The Kier molecular flexibility index (Phi) is 44.5. The number of ether oxygens (including phenoxy) is 2. The molecule has 60 heavy (non-hydrogen) atoms. The zero-order valence-electron chi connectivity index (χ0n) is 38.6. The van der Waals surface area contributed by atoms with E-state index in [9.17, 15) is 19.0 Å². The van der Waals surface area contributed by atoms with E-state index in [1.807, 2.05) is 0 Å². The molecule has 0 bridgehead atoms. The van der Waals surface area contributed by atoms with Gasteiger partial charge in [-0.1, -0.05) is 171 Å². The standard InChI is InChI=1S/C50H90NO8P/c1-4-6-8-10-12-14-16-18-20-22-24-26-28-30-32-34-36-38-40-42-49(52)56-46-48(47-58-60(54,55)57-45-44-51-3)59-50(53)43-41-39-37-35-33-31-29-27-25-23-21-19-17-15-13-11-9-7-5-2/h13,15,18-21,25,27,31,33,48,51H,4-12,14,16-17,22-24,26,28-30,32,34-47H2,1-3H3,(H,54,55)/b15-13-,20-18-,21-19-,27-25-,33-31-. The summed E-state index contributed by atoms with van der Waals surface area (Å²) in [5, 5.41) is 2.82. The maximum atomic E-state index is 12.7. The smallest absolute Gasteiger partial charge is 0.462 e. The lowest BCUT2D eigenvalue weighted by atomic mass is 10.1. The molecule has 0 rings (SSSR count). The number of nitrogens with one attached hydrogen (secondary N) is 1. The fraction of sp³-hybridized carbons (Fsp3) is 0.760. The van der Waals surface area contributed by atoms with Gasteiger partial charge < -0.3 is 19.7 Å². The number of hydrogen-bond donors (Lipinski definition) is 2. The summed E-state index contributed by atoms with van der Waals surface area (Å²) in [5.41, 5.74) is 0. The first kappa shape index (κ1) is 57.7. The Bertz CT molecular complexity index is 1170. The minimum absolute atomic E-state index is 0.0258. The maximum Gasteiger partial charge on any atom is 0.472 e. The van der Waals surface area contributed by atoms with E-state index in [-0.39, 0.29) is 32.0 Å². The van der Waals surface area contributed by atoms with Crippen molar-refractivity contribution in [2.75, 3.05) is 33.4 Å². The van der Waals surface area contributed by atoms with Crippen molar-refractivity contribution in [1.82, 2.24) is 5.32 Å². The van der Waals surface area contributed by atoms with Crippen LogP contribution in [0.3, 0.4) is 0 Å². The number of unbranched alkanes of at least 4 members (excludes halogenated alkanes) is 21. The van der Waals surface area contributed by atoms with Crippen molar-refractivity contribution < 1.29 is 37.6 Å². The SMILES string of the molecule is CCCCC/C=C\C/C=C\C/C=C\C/C=C\CCCCCC(=O)OC(COC(=O)CCCCCCCCCCC/C=C\CCCCCCCC)COP(=O)(O)OCCNC. The summed E-state index contributed by atoms with van der Waals surface area (Å²) in [6, 6.07) is 0. The van der Waals surface area contributed by atoms with Crippen LogP contribution in [-0.4, -0.2) is 56.3 Å². The van der Waals surface area contributed by atoms with Crippen molar-refractivity contribution in [2.45, 2.75) is 213 Å². The molecule has 2 atom stereocenters. The van der Waals surface area contributed by atoms with Gasteiger partial charge in [0.15, 0.2) is 6.10 Å². The average molecular weight is 864 g/mol. The highest BCUT2D eigenvalue weighted by atomic mass is 31.2. The van der Waals surface area contributed by atoms with E-state index in [1.165, 1.54) is 116 Å². The van der Waals surface area contributed by atoms with Crippen molar-refractivity contribution in [3.8, 4) is 0 Å². The lowest BCUT2D eigenvalue weighted by Gasteiger charge is -2.20. The van der Waals surface area contributed by atoms with Crippen molar-refractivity contribution in [3.05, 3.63) is 60.8 Å². The van der Waals surface area contributed by atoms with Gasteiger partial charge in [0, 0.05) is 19.4 Å². The molecule has 0 fully saturated rings. The number of phosphoric ester groups is 1. The van der Waals surface area contributed by atoms with E-state index < -0.39 is 26.5 Å². The van der Waals surface area contributed by atoms with Crippen LogP contribution in [0.5, 0.6) is 0 Å². The van der Waals surface area contributed by atoms with Gasteiger partial charge in [0.25, 0.3) is 0 Å². The summed E-state index contributed by atoms with van der Waals surface area (Å²) in [6.45, 7) is 4.16. The Hall–Kier alpha value is -2.29. The van der Waals surface area contributed by atoms with Gasteiger partial charge >= 0.3 is 19.8 Å². The van der Waals surface area contributed by atoms with E-state index in [0.29, 0.717) is 13.0 Å². The van der Waals surface area contributed by atoms with E-state index in [4.69, 9.17) is 18.5 Å². The maximum absolute atomic E-state index is 12.7. The number of phosphoric acid groups is 1. The number of likely N-dealkylation sites (N-methyl/N-ethyl adjacent to an activating group) is 1. The molecule has 2 N–H and O–H groups in total. The molecule has 0 saturated carbocycles. The molecule has 0 aliphatic carbocycles. The highest BCUT2D eigenvalue weighted by molar-refractivity contribution is 7.47. The minimum atomic E-state index is -4.36. The Balaban J connectivity index is 4.23. The first-order valence-corrected chi connectivity index (χ1v) is 25.7. The molecule has 0 saturated heterocycles. The number of rotatable bonds is 45. The van der Waals surface area contributed by atoms with Crippen LogP contribution in [0.15, 0.2) is 60.8 Å². The summed E-state index contributed by atoms with van der Waals surface area (Å²) in [7, 11) is -2.67. The first-order chi connectivity index (χ1) is 29.3. The number of allylic oxidation sites excluding steroid dienone is 10. The van der Waals surface area contributed by atoms with E-state index >= 15 is 0 Å². The largest absolute Gasteiger partial charge is 0.472 e. The van der Waals surface area contributed by atoms with E-state index in [1.54, 1.807) is 7.05 Å². The molecule has 0 aliphatic rings. The van der Waals surface area contributed by atoms with Gasteiger partial charge in [-0.15, -0.1) is 0 Å². The van der Waals surface area contributed by atoms with Crippen LogP contribution >= 0.6 is 7.82 Å². The number of carbonyl (C=O) groups is 2. The summed E-state index contributed by atoms with van der Waals surface area (Å²) in [5.74, 6) is -0.844. The predicted molar refractivity (Wildman–Crippen MR) is 252 cm³/mol. The summed E-state index contributed by atoms with van der Waals surface area (Å²) < 4.78 is 33.3. The van der Waals surface area contributed by atoms with Crippen molar-refractivity contribution in [3.63, 3.8) is 0 Å². The fourth-order valence-electron chi connectivity index (χ4n) is 6.41. The lowest BCUT2D eigenvalue weighted by molar-refractivity contribution is -0.161. The highest BCUT2D eigenvalue weighted by Gasteiger charge is 2.26. The molecule has 0 aromatic heterocycles. The number of carbonyl (C=O) groups excluding carboxylic acids is 2. The highest BCUT2D eigenvalue weighted by Crippen LogP contribution is 2.43. The molecule has 0 amide bonds. The molecule has 10 heteroatoms. The van der Waals surface area contributed by atoms with Gasteiger partial charge in [-0.2, -0.15) is 0 Å². The Labute approximate surface area is 368 Å². The van der Waals surface area contributed by atoms with Crippen molar-refractivity contribution in [1.29, 1.82) is 0 Å². The minimum Gasteiger partial charge on any atom is -0.462 e. The number of hydrogen-bond acceptors (Lipinski definition) is 8. The van der Waals surface area contributed by atoms with Gasteiger partial charge in [-0.3, -0.25) is 18.6 Å². The Morgan fingerprint density at radius 1 is 0.517 bits per heavy atom. The monoisotopic (exact) mass is 864 g/mol. The molecule has 0 spiro atoms. The Morgan fingerprint density at radius 3 is 1.40 bits per heavy atom. The fourth-order valence-corrected chi connectivity index (χ4v) is 7.16. The van der Waals surface area contributed by atoms with Crippen LogP contribution in [0, 0.1) is 0 Å². The molecule has 2 unspecified atom stereocenters. The molecule has 9 nitrogen and oxygen atoms in total. The van der Waals surface area contributed by atoms with Crippen molar-refractivity contribution in [2.24, 2.45) is 0 Å². The molecule has 0 aromatic rings. The van der Waals surface area contributed by atoms with Crippen LogP contribution < -0.4 is 5.32 Å². The van der Waals surface area contributed by atoms with E-state index in [0.717, 1.165) is 57.8 Å². The topological polar surface area (TPSA) is 120 Å². The molecule has 0 aliphatic heterocycles. The zero-order chi connectivity index (χ0) is 43.9. The van der Waals surface area contributed by atoms with Gasteiger partial charge in [-0.05, 0) is 90.5 Å². The van der Waals surface area contributed by atoms with Gasteiger partial charge in [0.1, 0.15) is 6.61 Å². The predicted octanol–water partition coefficient (Wildman–Crippen LogP) is 14.3. The second kappa shape index (κ2) is 46.2. The second-order valence-corrected chi connectivity index (χ2v) is 17.4. The quantitative estimate of drug-likeness (QED) is 0.0267. The van der Waals surface area contributed by atoms with Crippen LogP contribution in [-0.2, 0) is 32.7 Å². The van der Waals surface area contributed by atoms with Gasteiger partial charge in [0.2, 0.25) is 0 Å². The third-order valence-corrected chi connectivity index (χ3v) is 11.1. The molecular formula is C50H90NO8P. The van der Waals surface area contributed by atoms with Crippen LogP contribution in [0.25, 0.3) is 0 Å². The molecule has 348 valence electrons. The van der Waals surface area contributed by atoms with E-state index in [2.05, 4.69) is 79.9 Å². The molecular weight excluding hydrogens is 774 g/mol. The molecule has 0 radical (unpaired) electrons. The van der Waals surface area contributed by atoms with Crippen LogP contribution in [0.4, 0.5) is 0 Å². The lowest BCUT2D eigenvalue weighted by Crippen LogP contribution is -2.29. The molecule has 0 heterocycles. The van der Waals surface area contributed by atoms with Gasteiger partial charge in [-0.25, -0.2) is 4.57 Å². The summed E-state index contributed by atoms with van der Waals surface area (Å²) >= 11 is 0. The summed E-state index contributed by atoms with van der Waals surface area (Å²) in [4.78, 5) is 35.2. The average Bonchev–Trinajstić information content (AvgIpc) is 3.23. The van der Waals surface area contributed by atoms with Crippen molar-refractivity contribution >= 4 is 19.8 Å². The first-order valence-electron chi connectivity index (χ1n) is 24.2. The van der Waals surface area contributed by atoms with Crippen LogP contribution in [0.1, 0.15) is 206 Å². The summed E-state index contributed by atoms with van der Waals surface area (Å²) in [6.07, 6.45) is 54.1. The van der Waals surface area contributed by atoms with Crippen LogP contribution in [0.2, 0.25) is 0 Å². The van der Waals surface area contributed by atoms with Gasteiger partial charge in [0.05, 0.1) is 13.2 Å². The third kappa shape index (κ3) is 45.2.